The molecule has 5 nitrogen and oxygen atoms in total. The second kappa shape index (κ2) is 5.57. The van der Waals surface area contributed by atoms with Crippen LogP contribution in [0.3, 0.4) is 0 Å². The van der Waals surface area contributed by atoms with E-state index in [4.69, 9.17) is 12.2 Å². The Morgan fingerprint density at radius 3 is 2.90 bits per heavy atom. The van der Waals surface area contributed by atoms with Crippen molar-refractivity contribution in [3.8, 4) is 12.3 Å². The fourth-order valence-corrected chi connectivity index (χ4v) is 3.42. The molecule has 1 atom stereocenters. The van der Waals surface area contributed by atoms with Gasteiger partial charge < -0.3 is 10.7 Å². The van der Waals surface area contributed by atoms with Crippen molar-refractivity contribution in [3.05, 3.63) is 24.4 Å². The van der Waals surface area contributed by atoms with E-state index in [2.05, 4.69) is 15.6 Å². The van der Waals surface area contributed by atoms with E-state index < -0.39 is 16.1 Å². The number of fused-ring (bicyclic) bond motifs is 1. The first-order valence-corrected chi connectivity index (χ1v) is 7.81. The maximum absolute atomic E-state index is 12.4. The van der Waals surface area contributed by atoms with Gasteiger partial charge in [0.25, 0.3) is 0 Å². The zero-order valence-electron chi connectivity index (χ0n) is 11.2. The molecule has 2 rings (SSSR count). The Labute approximate surface area is 118 Å². The smallest absolute Gasteiger partial charge is 0.243 e. The number of H-pyrrole nitrogens is 1. The number of nitrogens with one attached hydrogen (secondary N) is 2. The molecule has 1 unspecified atom stereocenters. The predicted molar refractivity (Wildman–Crippen MR) is 80.6 cm³/mol. The van der Waals surface area contributed by atoms with Crippen molar-refractivity contribution in [2.45, 2.75) is 30.7 Å². The molecule has 0 saturated heterocycles. The van der Waals surface area contributed by atoms with Gasteiger partial charge in [0, 0.05) is 22.8 Å². The van der Waals surface area contributed by atoms with Crippen molar-refractivity contribution in [2.24, 2.45) is 0 Å². The summed E-state index contributed by atoms with van der Waals surface area (Å²) in [5.74, 6) is 2.46. The van der Waals surface area contributed by atoms with Gasteiger partial charge in [-0.1, -0.05) is 19.3 Å². The molecule has 2 aromatic rings. The molecule has 106 valence electrons. The van der Waals surface area contributed by atoms with Crippen LogP contribution >= 0.6 is 0 Å². The van der Waals surface area contributed by atoms with Crippen LogP contribution in [0.4, 0.5) is 5.69 Å². The first-order valence-electron chi connectivity index (χ1n) is 6.33. The second-order valence-corrected chi connectivity index (χ2v) is 6.27. The van der Waals surface area contributed by atoms with Crippen LogP contribution in [0.15, 0.2) is 29.3 Å². The summed E-state index contributed by atoms with van der Waals surface area (Å²) in [5.41, 5.74) is 6.92. The fourth-order valence-electron chi connectivity index (χ4n) is 2.06. The lowest BCUT2D eigenvalue weighted by Crippen LogP contribution is -2.33. The van der Waals surface area contributed by atoms with Gasteiger partial charge in [-0.2, -0.15) is 4.72 Å². The molecule has 0 radical (unpaired) electrons. The average molecular weight is 291 g/mol. The Balaban J connectivity index is 2.40. The van der Waals surface area contributed by atoms with Gasteiger partial charge in [0.05, 0.1) is 6.04 Å². The molecule has 0 aliphatic rings. The van der Waals surface area contributed by atoms with Crippen LogP contribution in [0.2, 0.25) is 0 Å². The quantitative estimate of drug-likeness (QED) is 0.580. The normalized spacial score (nSPS) is 13.2. The number of nitrogen functional groups attached to an aromatic ring is 1. The van der Waals surface area contributed by atoms with Gasteiger partial charge in [0.2, 0.25) is 10.0 Å². The highest BCUT2D eigenvalue weighted by atomic mass is 32.2. The molecule has 6 heteroatoms. The maximum atomic E-state index is 12.4. The summed E-state index contributed by atoms with van der Waals surface area (Å²) in [6.45, 7) is 1.95. The monoisotopic (exact) mass is 291 g/mol. The summed E-state index contributed by atoms with van der Waals surface area (Å²) < 4.78 is 27.3. The third-order valence-corrected chi connectivity index (χ3v) is 4.54. The van der Waals surface area contributed by atoms with Crippen LogP contribution in [0.5, 0.6) is 0 Å². The molecule has 0 aliphatic heterocycles. The van der Waals surface area contributed by atoms with E-state index in [1.807, 2.05) is 6.92 Å². The van der Waals surface area contributed by atoms with Crippen molar-refractivity contribution < 1.29 is 8.42 Å². The molecule has 20 heavy (non-hydrogen) atoms. The molecule has 0 bridgehead atoms. The largest absolute Gasteiger partial charge is 0.399 e. The summed E-state index contributed by atoms with van der Waals surface area (Å²) in [4.78, 5) is 3.09. The van der Waals surface area contributed by atoms with E-state index >= 15 is 0 Å². The molecule has 0 saturated carbocycles. The van der Waals surface area contributed by atoms with Crippen LogP contribution in [-0.4, -0.2) is 19.4 Å². The van der Waals surface area contributed by atoms with E-state index in [9.17, 15) is 8.42 Å². The topological polar surface area (TPSA) is 88.0 Å². The number of sulfonamides is 1. The summed E-state index contributed by atoms with van der Waals surface area (Å²) in [6, 6.07) is 4.54. The SMILES string of the molecule is C#CC(CCC)NS(=O)(=O)c1c[nH]c2cc(N)ccc12. The minimum absolute atomic E-state index is 0.184. The second-order valence-electron chi connectivity index (χ2n) is 4.59. The van der Waals surface area contributed by atoms with Gasteiger partial charge in [-0.05, 0) is 24.6 Å². The molecule has 4 N–H and O–H groups in total. The standard InChI is InChI=1S/C14H17N3O2S/c1-3-5-11(4-2)17-20(18,19)14-9-16-13-8-10(15)6-7-12(13)14/h2,6-9,11,16-17H,3,5,15H2,1H3. The predicted octanol–water partition coefficient (Wildman–Crippen LogP) is 1.83. The maximum Gasteiger partial charge on any atom is 0.243 e. The molecule has 0 aliphatic carbocycles. The zero-order chi connectivity index (χ0) is 14.8. The minimum Gasteiger partial charge on any atom is -0.399 e. The van der Waals surface area contributed by atoms with Gasteiger partial charge in [-0.25, -0.2) is 8.42 Å². The minimum atomic E-state index is -3.65. The first-order chi connectivity index (χ1) is 9.47. The molecule has 1 aromatic carbocycles. The van der Waals surface area contributed by atoms with Gasteiger partial charge >= 0.3 is 0 Å². The molecule has 1 aromatic heterocycles. The van der Waals surface area contributed by atoms with Crippen molar-refractivity contribution in [1.29, 1.82) is 0 Å². The van der Waals surface area contributed by atoms with Gasteiger partial charge in [-0.15, -0.1) is 6.42 Å². The highest BCUT2D eigenvalue weighted by Gasteiger charge is 2.21. The van der Waals surface area contributed by atoms with Gasteiger partial charge in [0.15, 0.2) is 0 Å². The Kier molecular flexibility index (Phi) is 4.02. The van der Waals surface area contributed by atoms with E-state index in [0.717, 1.165) is 6.42 Å². The fraction of sp³-hybridized carbons (Fsp3) is 0.286. The van der Waals surface area contributed by atoms with Crippen molar-refractivity contribution >= 4 is 26.6 Å². The number of hydrogen-bond donors (Lipinski definition) is 3. The van der Waals surface area contributed by atoms with Crippen LogP contribution in [0.1, 0.15) is 19.8 Å². The third kappa shape index (κ3) is 2.79. The van der Waals surface area contributed by atoms with E-state index in [1.165, 1.54) is 6.20 Å². The Morgan fingerprint density at radius 2 is 2.25 bits per heavy atom. The average Bonchev–Trinajstić information content (AvgIpc) is 2.81. The highest BCUT2D eigenvalue weighted by Crippen LogP contribution is 2.24. The lowest BCUT2D eigenvalue weighted by atomic mass is 10.2. The van der Waals surface area contributed by atoms with E-state index in [0.29, 0.717) is 23.0 Å². The first kappa shape index (κ1) is 14.4. The Hall–Kier alpha value is -1.97. The Morgan fingerprint density at radius 1 is 1.50 bits per heavy atom. The number of nitrogens with two attached hydrogens (primary N) is 1. The molecule has 0 spiro atoms. The van der Waals surface area contributed by atoms with Crippen LogP contribution in [-0.2, 0) is 10.0 Å². The summed E-state index contributed by atoms with van der Waals surface area (Å²) in [6.07, 6.45) is 8.21. The van der Waals surface area contributed by atoms with Crippen molar-refractivity contribution in [3.63, 3.8) is 0 Å². The van der Waals surface area contributed by atoms with Crippen molar-refractivity contribution in [2.75, 3.05) is 5.73 Å². The summed E-state index contributed by atoms with van der Waals surface area (Å²) in [5, 5.41) is 0.596. The molecular weight excluding hydrogens is 274 g/mol. The van der Waals surface area contributed by atoms with E-state index in [1.54, 1.807) is 18.2 Å². The molecule has 1 heterocycles. The van der Waals surface area contributed by atoms with E-state index in [-0.39, 0.29) is 4.90 Å². The molecule has 0 amide bonds. The summed E-state index contributed by atoms with van der Waals surface area (Å²) >= 11 is 0. The lowest BCUT2D eigenvalue weighted by Gasteiger charge is -2.11. The third-order valence-electron chi connectivity index (χ3n) is 3.03. The number of benzene rings is 1. The zero-order valence-corrected chi connectivity index (χ0v) is 12.0. The van der Waals surface area contributed by atoms with Gasteiger partial charge in [-0.3, -0.25) is 0 Å². The van der Waals surface area contributed by atoms with Crippen molar-refractivity contribution in [1.82, 2.24) is 9.71 Å². The Bertz CT molecular complexity index is 756. The molecular formula is C14H17N3O2S. The summed E-state index contributed by atoms with van der Waals surface area (Å²) in [7, 11) is -3.65. The number of anilines is 1. The lowest BCUT2D eigenvalue weighted by molar-refractivity contribution is 0.565. The molecule has 0 fully saturated rings. The number of aromatic nitrogens is 1. The van der Waals surface area contributed by atoms with Crippen LogP contribution in [0.25, 0.3) is 10.9 Å². The van der Waals surface area contributed by atoms with Crippen LogP contribution in [0, 0.1) is 12.3 Å². The van der Waals surface area contributed by atoms with Gasteiger partial charge in [0.1, 0.15) is 4.90 Å². The number of terminal acetylenes is 1. The number of rotatable bonds is 5. The van der Waals surface area contributed by atoms with Crippen LogP contribution < -0.4 is 10.5 Å². The number of hydrogen-bond acceptors (Lipinski definition) is 3. The number of aromatic amines is 1. The highest BCUT2D eigenvalue weighted by molar-refractivity contribution is 7.89.